The van der Waals surface area contributed by atoms with Crippen molar-refractivity contribution in [2.24, 2.45) is 0 Å². The first-order chi connectivity index (χ1) is 19.9. The number of carbonyl (C=O) groups is 1. The number of halogens is 2. The minimum absolute atomic E-state index is 0.101. The molecule has 5 rings (SSSR count). The molecule has 0 spiro atoms. The Morgan fingerprint density at radius 3 is 2.29 bits per heavy atom. The van der Waals surface area contributed by atoms with Crippen molar-refractivity contribution >= 4 is 40.7 Å². The summed E-state index contributed by atoms with van der Waals surface area (Å²) in [4.78, 5) is 13.0. The van der Waals surface area contributed by atoms with Crippen molar-refractivity contribution in [3.05, 3.63) is 118 Å². The average molecular weight is 607 g/mol. The number of aromatic nitrogens is 3. The van der Waals surface area contributed by atoms with E-state index in [9.17, 15) is 4.79 Å². The number of rotatable bonds is 11. The van der Waals surface area contributed by atoms with Gasteiger partial charge in [0.05, 0.1) is 25.0 Å². The molecule has 0 aliphatic rings. The van der Waals surface area contributed by atoms with Gasteiger partial charge in [-0.15, -0.1) is 10.2 Å². The fraction of sp³-hybridized carbons (Fsp3) is 0.129. The lowest BCUT2D eigenvalue weighted by Gasteiger charge is -2.13. The number of hydrogen-bond acceptors (Lipinski definition) is 7. The number of ketones is 1. The first-order valence-corrected chi connectivity index (χ1v) is 14.3. The molecule has 4 aromatic carbocycles. The van der Waals surface area contributed by atoms with Crippen LogP contribution in [0.25, 0.3) is 5.69 Å². The van der Waals surface area contributed by atoms with E-state index in [1.165, 1.54) is 11.8 Å². The Hall–Kier alpha value is -3.98. The highest BCUT2D eigenvalue weighted by atomic mass is 35.5. The number of benzene rings is 4. The van der Waals surface area contributed by atoms with Crippen LogP contribution in [-0.2, 0) is 6.42 Å². The van der Waals surface area contributed by atoms with Crippen molar-refractivity contribution in [2.75, 3.05) is 20.0 Å². The molecule has 0 atom stereocenters. The Kier molecular flexibility index (Phi) is 9.14. The Bertz CT molecular complexity index is 1660. The predicted molar refractivity (Wildman–Crippen MR) is 162 cm³/mol. The highest BCUT2D eigenvalue weighted by Gasteiger charge is 2.19. The molecule has 5 aromatic rings. The summed E-state index contributed by atoms with van der Waals surface area (Å²) in [7, 11) is 3.20. The van der Waals surface area contributed by atoms with Crippen LogP contribution in [0.4, 0.5) is 0 Å². The molecule has 0 radical (unpaired) electrons. The highest BCUT2D eigenvalue weighted by molar-refractivity contribution is 7.99. The van der Waals surface area contributed by atoms with Gasteiger partial charge in [-0.05, 0) is 72.3 Å². The van der Waals surface area contributed by atoms with Crippen LogP contribution in [-0.4, -0.2) is 40.5 Å². The summed E-state index contributed by atoms with van der Waals surface area (Å²) in [5, 5.41) is 10.3. The molecule has 0 bridgehead atoms. The number of nitrogens with zero attached hydrogens (tertiary/aromatic N) is 3. The number of thioether (sulfide) groups is 1. The second-order valence-electron chi connectivity index (χ2n) is 8.85. The van der Waals surface area contributed by atoms with E-state index in [4.69, 9.17) is 37.4 Å². The summed E-state index contributed by atoms with van der Waals surface area (Å²) < 4.78 is 18.7. The molecule has 208 valence electrons. The third-order valence-corrected chi connectivity index (χ3v) is 7.64. The van der Waals surface area contributed by atoms with Crippen molar-refractivity contribution in [1.29, 1.82) is 0 Å². The number of Topliss-reactive ketones (excluding diaryl/α,β-unsaturated/α-hetero) is 1. The summed E-state index contributed by atoms with van der Waals surface area (Å²) in [6.45, 7) is 0. The zero-order chi connectivity index (χ0) is 28.8. The molecule has 0 aliphatic carbocycles. The van der Waals surface area contributed by atoms with Crippen molar-refractivity contribution in [3.63, 3.8) is 0 Å². The van der Waals surface area contributed by atoms with Gasteiger partial charge in [0.25, 0.3) is 0 Å². The van der Waals surface area contributed by atoms with Gasteiger partial charge in [-0.25, -0.2) is 0 Å². The van der Waals surface area contributed by atoms with Gasteiger partial charge in [0.1, 0.15) is 17.3 Å². The molecular weight excluding hydrogens is 581 g/mol. The van der Waals surface area contributed by atoms with Gasteiger partial charge < -0.3 is 14.2 Å². The molecule has 7 nitrogen and oxygen atoms in total. The molecule has 1 aromatic heterocycles. The second kappa shape index (κ2) is 13.1. The summed E-state index contributed by atoms with van der Waals surface area (Å²) >= 11 is 13.6. The van der Waals surface area contributed by atoms with Gasteiger partial charge in [0.15, 0.2) is 22.4 Å². The van der Waals surface area contributed by atoms with Crippen molar-refractivity contribution < 1.29 is 19.0 Å². The number of ether oxygens (including phenoxy) is 3. The first-order valence-electron chi connectivity index (χ1n) is 12.5. The lowest BCUT2D eigenvalue weighted by Crippen LogP contribution is -2.07. The smallest absolute Gasteiger partial charge is 0.196 e. The molecule has 10 heteroatoms. The summed E-state index contributed by atoms with van der Waals surface area (Å²) in [6.07, 6.45) is 0.463. The van der Waals surface area contributed by atoms with E-state index >= 15 is 0 Å². The van der Waals surface area contributed by atoms with Gasteiger partial charge in [0, 0.05) is 22.7 Å². The molecule has 0 amide bonds. The SMILES string of the molecule is COc1ccc(Cc2nnc(SCC(=O)c3cc(Cl)ccc3Cl)n2-c2ccc(Oc3ccccc3)cc2)cc1OC. The van der Waals surface area contributed by atoms with E-state index in [-0.39, 0.29) is 11.5 Å². The van der Waals surface area contributed by atoms with Gasteiger partial charge in [-0.1, -0.05) is 59.2 Å². The molecular formula is C31H25Cl2N3O4S. The predicted octanol–water partition coefficient (Wildman–Crippen LogP) is 7.95. The van der Waals surface area contributed by atoms with E-state index in [0.717, 1.165) is 17.0 Å². The van der Waals surface area contributed by atoms with Gasteiger partial charge in [-0.2, -0.15) is 0 Å². The third-order valence-electron chi connectivity index (χ3n) is 6.15. The van der Waals surface area contributed by atoms with E-state index in [0.29, 0.717) is 50.3 Å². The molecule has 1 heterocycles. The molecule has 0 fully saturated rings. The molecule has 0 saturated heterocycles. The lowest BCUT2D eigenvalue weighted by molar-refractivity contribution is 0.102. The fourth-order valence-electron chi connectivity index (χ4n) is 4.15. The minimum Gasteiger partial charge on any atom is -0.493 e. The molecule has 0 unspecified atom stereocenters. The van der Waals surface area contributed by atoms with E-state index in [1.54, 1.807) is 32.4 Å². The van der Waals surface area contributed by atoms with Crippen LogP contribution in [0.2, 0.25) is 10.0 Å². The maximum absolute atomic E-state index is 13.0. The molecule has 0 saturated carbocycles. The minimum atomic E-state index is -0.162. The van der Waals surface area contributed by atoms with Crippen LogP contribution in [0, 0.1) is 0 Å². The molecule has 41 heavy (non-hydrogen) atoms. The Labute approximate surface area is 252 Å². The molecule has 0 aliphatic heterocycles. The van der Waals surface area contributed by atoms with Crippen molar-refractivity contribution in [3.8, 4) is 28.7 Å². The van der Waals surface area contributed by atoms with Gasteiger partial charge >= 0.3 is 0 Å². The largest absolute Gasteiger partial charge is 0.493 e. The summed E-state index contributed by atoms with van der Waals surface area (Å²) in [5.41, 5.74) is 2.14. The van der Waals surface area contributed by atoms with Crippen LogP contribution in [0.3, 0.4) is 0 Å². The summed E-state index contributed by atoms with van der Waals surface area (Å²) in [5.74, 6) is 3.32. The first kappa shape index (κ1) is 28.5. The van der Waals surface area contributed by atoms with Crippen LogP contribution >= 0.6 is 35.0 Å². The molecule has 0 N–H and O–H groups in total. The summed E-state index contributed by atoms with van der Waals surface area (Å²) in [6, 6.07) is 27.7. The zero-order valence-corrected chi connectivity index (χ0v) is 24.5. The Balaban J connectivity index is 1.45. The standard InChI is InChI=1S/C31H25Cl2N3O4S/c1-38-28-15-8-20(16-29(28)39-2)17-30-34-35-31(41-19-27(37)25-18-21(32)9-14-26(25)33)36(30)22-10-12-24(13-11-22)40-23-6-4-3-5-7-23/h3-16,18H,17,19H2,1-2H3. The Morgan fingerprint density at radius 1 is 0.829 bits per heavy atom. The van der Waals surface area contributed by atoms with Crippen molar-refractivity contribution in [2.45, 2.75) is 11.6 Å². The van der Waals surface area contributed by atoms with Crippen LogP contribution in [0.1, 0.15) is 21.7 Å². The Morgan fingerprint density at radius 2 is 1.56 bits per heavy atom. The second-order valence-corrected chi connectivity index (χ2v) is 10.6. The third kappa shape index (κ3) is 6.85. The van der Waals surface area contributed by atoms with Gasteiger partial charge in [-0.3, -0.25) is 9.36 Å². The maximum Gasteiger partial charge on any atom is 0.196 e. The highest BCUT2D eigenvalue weighted by Crippen LogP contribution is 2.31. The van der Waals surface area contributed by atoms with Crippen molar-refractivity contribution in [1.82, 2.24) is 14.8 Å². The van der Waals surface area contributed by atoms with E-state index in [2.05, 4.69) is 10.2 Å². The zero-order valence-electron chi connectivity index (χ0n) is 22.2. The van der Waals surface area contributed by atoms with E-state index in [1.807, 2.05) is 77.4 Å². The fourth-order valence-corrected chi connectivity index (χ4v) is 5.40. The number of carbonyl (C=O) groups excluding carboxylic acids is 1. The quantitative estimate of drug-likeness (QED) is 0.112. The normalized spacial score (nSPS) is 10.8. The average Bonchev–Trinajstić information content (AvgIpc) is 3.40. The number of methoxy groups -OCH3 is 2. The van der Waals surface area contributed by atoms with Crippen LogP contribution in [0.15, 0.2) is 96.2 Å². The topological polar surface area (TPSA) is 75.5 Å². The van der Waals surface area contributed by atoms with E-state index < -0.39 is 0 Å². The monoisotopic (exact) mass is 605 g/mol. The lowest BCUT2D eigenvalue weighted by atomic mass is 10.1. The van der Waals surface area contributed by atoms with Crippen LogP contribution < -0.4 is 14.2 Å². The number of para-hydroxylation sites is 1. The van der Waals surface area contributed by atoms with Crippen LogP contribution in [0.5, 0.6) is 23.0 Å². The number of hydrogen-bond donors (Lipinski definition) is 0. The van der Waals surface area contributed by atoms with Gasteiger partial charge in [0.2, 0.25) is 0 Å². The maximum atomic E-state index is 13.0.